The Hall–Kier alpha value is -1.61. The second-order valence-corrected chi connectivity index (χ2v) is 4.27. The topological polar surface area (TPSA) is 35.0 Å². The highest BCUT2D eigenvalue weighted by Gasteiger charge is 2.09. The zero-order valence-electron chi connectivity index (χ0n) is 9.99. The average molecular weight is 249 g/mol. The van der Waals surface area contributed by atoms with Crippen LogP contribution in [0.4, 0.5) is 0 Å². The fraction of sp³-hybridized carbons (Fsp3) is 0.231. The van der Waals surface area contributed by atoms with Gasteiger partial charge in [0.05, 0.1) is 0 Å². The van der Waals surface area contributed by atoms with E-state index in [-0.39, 0.29) is 0 Å². The zero-order valence-corrected chi connectivity index (χ0v) is 10.7. The molecule has 0 aliphatic heterocycles. The molecule has 0 saturated carbocycles. The summed E-state index contributed by atoms with van der Waals surface area (Å²) < 4.78 is 5.72. The molecule has 0 aliphatic rings. The van der Waals surface area contributed by atoms with Gasteiger partial charge in [0, 0.05) is 5.56 Å². The summed E-state index contributed by atoms with van der Waals surface area (Å²) in [4.78, 5) is 8.31. The molecule has 0 fully saturated rings. The van der Waals surface area contributed by atoms with Crippen LogP contribution in [-0.2, 0) is 0 Å². The van der Waals surface area contributed by atoms with E-state index in [1.54, 1.807) is 6.92 Å². The van der Waals surface area contributed by atoms with Crippen molar-refractivity contribution in [3.05, 3.63) is 46.4 Å². The van der Waals surface area contributed by atoms with Gasteiger partial charge in [-0.3, -0.25) is 0 Å². The normalized spacial score (nSPS) is 10.4. The third kappa shape index (κ3) is 2.74. The van der Waals surface area contributed by atoms with Gasteiger partial charge in [-0.1, -0.05) is 23.7 Å². The summed E-state index contributed by atoms with van der Waals surface area (Å²) in [6.07, 6.45) is 0. The Morgan fingerprint density at radius 1 is 1.12 bits per heavy atom. The second kappa shape index (κ2) is 4.72. The number of hydrogen-bond donors (Lipinski definition) is 0. The SMILES string of the molecule is Cc1cccc(Oc2nc(C)nc(Cl)c2C)c1. The molecule has 2 aromatic rings. The molecule has 1 aromatic heterocycles. The highest BCUT2D eigenvalue weighted by atomic mass is 35.5. The van der Waals surface area contributed by atoms with Crippen molar-refractivity contribution in [2.24, 2.45) is 0 Å². The molecule has 4 heteroatoms. The quantitative estimate of drug-likeness (QED) is 0.758. The lowest BCUT2D eigenvalue weighted by Crippen LogP contribution is -1.97. The summed E-state index contributed by atoms with van der Waals surface area (Å²) in [6, 6.07) is 7.79. The van der Waals surface area contributed by atoms with Crippen molar-refractivity contribution in [3.8, 4) is 11.6 Å². The van der Waals surface area contributed by atoms with Gasteiger partial charge >= 0.3 is 0 Å². The maximum Gasteiger partial charge on any atom is 0.226 e. The smallest absolute Gasteiger partial charge is 0.226 e. The van der Waals surface area contributed by atoms with E-state index in [0.29, 0.717) is 16.9 Å². The molecule has 0 N–H and O–H groups in total. The minimum atomic E-state index is 0.431. The predicted octanol–water partition coefficient (Wildman–Crippen LogP) is 3.85. The maximum atomic E-state index is 5.99. The van der Waals surface area contributed by atoms with Crippen molar-refractivity contribution in [2.75, 3.05) is 0 Å². The van der Waals surface area contributed by atoms with Crippen LogP contribution in [0, 0.1) is 20.8 Å². The summed E-state index contributed by atoms with van der Waals surface area (Å²) >= 11 is 5.99. The van der Waals surface area contributed by atoms with Crippen LogP contribution in [0.1, 0.15) is 17.0 Å². The summed E-state index contributed by atoms with van der Waals surface area (Å²) in [7, 11) is 0. The van der Waals surface area contributed by atoms with E-state index in [1.165, 1.54) is 0 Å². The van der Waals surface area contributed by atoms with Gasteiger partial charge in [-0.05, 0) is 38.5 Å². The Morgan fingerprint density at radius 3 is 2.59 bits per heavy atom. The third-order valence-electron chi connectivity index (χ3n) is 2.36. The first kappa shape index (κ1) is 11.9. The lowest BCUT2D eigenvalue weighted by atomic mass is 10.2. The molecule has 3 nitrogen and oxygen atoms in total. The predicted molar refractivity (Wildman–Crippen MR) is 67.8 cm³/mol. The molecule has 0 amide bonds. The Morgan fingerprint density at radius 2 is 1.88 bits per heavy atom. The van der Waals surface area contributed by atoms with E-state index in [2.05, 4.69) is 9.97 Å². The van der Waals surface area contributed by atoms with Crippen LogP contribution in [0.3, 0.4) is 0 Å². The average Bonchev–Trinajstić information content (AvgIpc) is 2.25. The number of halogens is 1. The molecule has 0 atom stereocenters. The summed E-state index contributed by atoms with van der Waals surface area (Å²) in [5.41, 5.74) is 1.89. The first-order valence-corrected chi connectivity index (χ1v) is 5.69. The lowest BCUT2D eigenvalue weighted by Gasteiger charge is -2.09. The van der Waals surface area contributed by atoms with Gasteiger partial charge in [0.25, 0.3) is 0 Å². The van der Waals surface area contributed by atoms with Crippen LogP contribution < -0.4 is 4.74 Å². The zero-order chi connectivity index (χ0) is 12.4. The van der Waals surface area contributed by atoms with Gasteiger partial charge in [-0.2, -0.15) is 4.98 Å². The van der Waals surface area contributed by atoms with Crippen molar-refractivity contribution < 1.29 is 4.74 Å². The molecule has 88 valence electrons. The third-order valence-corrected chi connectivity index (χ3v) is 2.73. The molecule has 0 spiro atoms. The lowest BCUT2D eigenvalue weighted by molar-refractivity contribution is 0.455. The monoisotopic (exact) mass is 248 g/mol. The molecule has 0 saturated heterocycles. The Bertz CT molecular complexity index is 555. The standard InChI is InChI=1S/C13H13ClN2O/c1-8-5-4-6-11(7-8)17-13-9(2)12(14)15-10(3)16-13/h4-7H,1-3H3. The van der Waals surface area contributed by atoms with Crippen LogP contribution in [0.5, 0.6) is 11.6 Å². The number of aromatic nitrogens is 2. The van der Waals surface area contributed by atoms with E-state index in [1.807, 2.05) is 38.1 Å². The van der Waals surface area contributed by atoms with E-state index < -0.39 is 0 Å². The summed E-state index contributed by atoms with van der Waals surface area (Å²) in [5, 5.41) is 0.431. The van der Waals surface area contributed by atoms with Gasteiger partial charge in [0.2, 0.25) is 5.88 Å². The van der Waals surface area contributed by atoms with Gasteiger partial charge in [0.15, 0.2) is 0 Å². The number of nitrogens with zero attached hydrogens (tertiary/aromatic N) is 2. The van der Waals surface area contributed by atoms with Crippen LogP contribution in [0.2, 0.25) is 5.15 Å². The van der Waals surface area contributed by atoms with Crippen molar-refractivity contribution in [3.63, 3.8) is 0 Å². The van der Waals surface area contributed by atoms with Gasteiger partial charge in [-0.25, -0.2) is 4.98 Å². The number of benzene rings is 1. The molecule has 0 aliphatic carbocycles. The van der Waals surface area contributed by atoms with E-state index >= 15 is 0 Å². The number of hydrogen-bond acceptors (Lipinski definition) is 3. The number of rotatable bonds is 2. The van der Waals surface area contributed by atoms with E-state index in [4.69, 9.17) is 16.3 Å². The first-order valence-electron chi connectivity index (χ1n) is 5.31. The molecule has 17 heavy (non-hydrogen) atoms. The number of ether oxygens (including phenoxy) is 1. The fourth-order valence-corrected chi connectivity index (χ4v) is 1.66. The molecule has 1 heterocycles. The summed E-state index contributed by atoms with van der Waals surface area (Å²) in [6.45, 7) is 5.64. The van der Waals surface area contributed by atoms with Crippen molar-refractivity contribution in [2.45, 2.75) is 20.8 Å². The summed E-state index contributed by atoms with van der Waals surface area (Å²) in [5.74, 6) is 1.86. The highest BCUT2D eigenvalue weighted by molar-refractivity contribution is 6.30. The van der Waals surface area contributed by atoms with Crippen molar-refractivity contribution >= 4 is 11.6 Å². The minimum Gasteiger partial charge on any atom is -0.439 e. The van der Waals surface area contributed by atoms with Crippen LogP contribution in [-0.4, -0.2) is 9.97 Å². The molecular weight excluding hydrogens is 236 g/mol. The molecular formula is C13H13ClN2O. The Kier molecular flexibility index (Phi) is 3.29. The van der Waals surface area contributed by atoms with E-state index in [0.717, 1.165) is 16.9 Å². The molecule has 0 radical (unpaired) electrons. The fourth-order valence-electron chi connectivity index (χ4n) is 1.46. The van der Waals surface area contributed by atoms with Gasteiger partial charge in [-0.15, -0.1) is 0 Å². The van der Waals surface area contributed by atoms with Crippen molar-refractivity contribution in [1.29, 1.82) is 0 Å². The number of aryl methyl sites for hydroxylation is 2. The Balaban J connectivity index is 2.36. The van der Waals surface area contributed by atoms with Crippen LogP contribution >= 0.6 is 11.6 Å². The maximum absolute atomic E-state index is 5.99. The molecule has 1 aromatic carbocycles. The second-order valence-electron chi connectivity index (χ2n) is 3.91. The Labute approximate surface area is 105 Å². The molecule has 2 rings (SSSR count). The van der Waals surface area contributed by atoms with Crippen LogP contribution in [0.25, 0.3) is 0 Å². The molecule has 0 bridgehead atoms. The molecule has 0 unspecified atom stereocenters. The van der Waals surface area contributed by atoms with Gasteiger partial charge < -0.3 is 4.74 Å². The van der Waals surface area contributed by atoms with Crippen LogP contribution in [0.15, 0.2) is 24.3 Å². The van der Waals surface area contributed by atoms with Gasteiger partial charge in [0.1, 0.15) is 16.7 Å². The van der Waals surface area contributed by atoms with E-state index in [9.17, 15) is 0 Å². The largest absolute Gasteiger partial charge is 0.439 e. The van der Waals surface area contributed by atoms with Crippen molar-refractivity contribution in [1.82, 2.24) is 9.97 Å². The minimum absolute atomic E-state index is 0.431. The first-order chi connectivity index (χ1) is 8.06. The highest BCUT2D eigenvalue weighted by Crippen LogP contribution is 2.27.